The van der Waals surface area contributed by atoms with Gasteiger partial charge in [0.2, 0.25) is 0 Å². The van der Waals surface area contributed by atoms with E-state index in [0.717, 1.165) is 11.4 Å². The van der Waals surface area contributed by atoms with Gasteiger partial charge in [-0.1, -0.05) is 149 Å². The molecule has 0 amide bonds. The van der Waals surface area contributed by atoms with Gasteiger partial charge >= 0.3 is 0 Å². The molecule has 10 aromatic carbocycles. The summed E-state index contributed by atoms with van der Waals surface area (Å²) >= 11 is 0. The summed E-state index contributed by atoms with van der Waals surface area (Å²) in [4.78, 5) is 5.07. The first-order chi connectivity index (χ1) is 31.9. The van der Waals surface area contributed by atoms with Crippen LogP contribution in [0.15, 0.2) is 170 Å². The van der Waals surface area contributed by atoms with E-state index in [1.165, 1.54) is 122 Å². The summed E-state index contributed by atoms with van der Waals surface area (Å²) in [5, 5.41) is 7.80. The van der Waals surface area contributed by atoms with Gasteiger partial charge in [0.15, 0.2) is 0 Å². The van der Waals surface area contributed by atoms with Crippen LogP contribution in [0.5, 0.6) is 0 Å². The molecule has 0 atom stereocenters. The van der Waals surface area contributed by atoms with Crippen LogP contribution in [0.1, 0.15) is 84.0 Å². The normalized spacial score (nSPS) is 11.8. The Morgan fingerprint density at radius 1 is 0.303 bits per heavy atom. The van der Waals surface area contributed by atoms with Crippen molar-refractivity contribution in [1.82, 2.24) is 0 Å². The van der Waals surface area contributed by atoms with Gasteiger partial charge in [-0.15, -0.1) is 0 Å². The SMILES string of the molecule is Cc1ccc(-c2c(C)cccc2C)cc1N(c1ccccc1)c1cc(C(C)C)c2ccc3c(N(c4ccccc4)c4cc(-c5c(C)cccc5C)ccc4C)cc(C(C)C)c4ccc1c2c43. The molecular weight excluding hydrogens is 797 g/mol. The molecule has 0 unspecified atom stereocenters. The molecule has 0 aliphatic carbocycles. The van der Waals surface area contributed by atoms with Crippen LogP contribution >= 0.6 is 0 Å². The van der Waals surface area contributed by atoms with Gasteiger partial charge < -0.3 is 9.80 Å². The monoisotopic (exact) mass is 856 g/mol. The smallest absolute Gasteiger partial charge is 0.0543 e. The molecule has 0 N–H and O–H groups in total. The zero-order chi connectivity index (χ0) is 46.0. The molecule has 0 aromatic heterocycles. The van der Waals surface area contributed by atoms with Crippen molar-refractivity contribution in [2.75, 3.05) is 9.80 Å². The third kappa shape index (κ3) is 7.20. The Hall–Kier alpha value is -7.16. The van der Waals surface area contributed by atoms with E-state index in [0.29, 0.717) is 0 Å². The first kappa shape index (κ1) is 42.8. The van der Waals surface area contributed by atoms with Gasteiger partial charge in [-0.25, -0.2) is 0 Å². The molecule has 0 radical (unpaired) electrons. The van der Waals surface area contributed by atoms with Crippen LogP contribution in [0.2, 0.25) is 0 Å². The predicted octanol–water partition coefficient (Wildman–Crippen LogP) is 19.0. The molecule has 0 saturated carbocycles. The van der Waals surface area contributed by atoms with Crippen molar-refractivity contribution in [2.45, 2.75) is 81.1 Å². The van der Waals surface area contributed by atoms with E-state index in [1.54, 1.807) is 0 Å². The Morgan fingerprint density at radius 3 is 1.00 bits per heavy atom. The molecule has 0 fully saturated rings. The zero-order valence-electron chi connectivity index (χ0n) is 40.2. The lowest BCUT2D eigenvalue weighted by Gasteiger charge is -2.33. The Bertz CT molecular complexity index is 3160. The number of aryl methyl sites for hydroxylation is 6. The summed E-state index contributed by atoms with van der Waals surface area (Å²) in [6, 6.07) is 64.0. The Kier molecular flexibility index (Phi) is 11.0. The lowest BCUT2D eigenvalue weighted by molar-refractivity contribution is 0.875. The second-order valence-electron chi connectivity index (χ2n) is 19.2. The topological polar surface area (TPSA) is 6.48 Å². The summed E-state index contributed by atoms with van der Waals surface area (Å²) in [5.74, 6) is 0.571. The van der Waals surface area contributed by atoms with E-state index in [-0.39, 0.29) is 11.8 Å². The van der Waals surface area contributed by atoms with Crippen LogP contribution in [-0.4, -0.2) is 0 Å². The van der Waals surface area contributed by atoms with Gasteiger partial charge in [-0.05, 0) is 190 Å². The van der Waals surface area contributed by atoms with Gasteiger partial charge in [0.1, 0.15) is 0 Å². The molecular formula is C64H60N2. The summed E-state index contributed by atoms with van der Waals surface area (Å²) < 4.78 is 0. The minimum atomic E-state index is 0.285. The molecule has 2 nitrogen and oxygen atoms in total. The maximum absolute atomic E-state index is 2.53. The highest BCUT2D eigenvalue weighted by atomic mass is 15.2. The van der Waals surface area contributed by atoms with Crippen molar-refractivity contribution in [3.05, 3.63) is 214 Å². The molecule has 10 rings (SSSR count). The number of rotatable bonds is 10. The highest BCUT2D eigenvalue weighted by molar-refractivity contribution is 6.29. The molecule has 326 valence electrons. The van der Waals surface area contributed by atoms with Crippen molar-refractivity contribution < 1.29 is 0 Å². The quantitative estimate of drug-likeness (QED) is 0.126. The molecule has 66 heavy (non-hydrogen) atoms. The number of hydrogen-bond donors (Lipinski definition) is 0. The fourth-order valence-electron chi connectivity index (χ4n) is 10.9. The molecule has 0 aliphatic rings. The third-order valence-electron chi connectivity index (χ3n) is 14.1. The second kappa shape index (κ2) is 17.0. The Balaban J connectivity index is 1.31. The van der Waals surface area contributed by atoms with E-state index in [9.17, 15) is 0 Å². The van der Waals surface area contributed by atoms with Crippen molar-refractivity contribution >= 4 is 66.4 Å². The standard InChI is InChI=1S/C64H60N2/c1-39(2)55-37-59(65(49-23-13-11-14-24-49)57-35-47(29-27-41(57)5)61-43(7)19-17-20-44(61)8)53-34-32-52-56(40(3)4)38-60(54-33-31-51(55)63(53)64(52)54)66(50-25-15-12-16-26-50)58-36-48(30-28-42(58)6)62-45(9)21-18-22-46(62)10/h11-40H,1-10H3. The predicted molar refractivity (Wildman–Crippen MR) is 287 cm³/mol. The second-order valence-corrected chi connectivity index (χ2v) is 19.2. The lowest BCUT2D eigenvalue weighted by atomic mass is 9.84. The molecule has 0 saturated heterocycles. The van der Waals surface area contributed by atoms with E-state index in [1.807, 2.05) is 0 Å². The zero-order valence-corrected chi connectivity index (χ0v) is 40.2. The van der Waals surface area contributed by atoms with Crippen LogP contribution < -0.4 is 9.80 Å². The van der Waals surface area contributed by atoms with E-state index in [2.05, 4.69) is 249 Å². The molecule has 0 spiro atoms. The highest BCUT2D eigenvalue weighted by Gasteiger charge is 2.27. The van der Waals surface area contributed by atoms with E-state index in [4.69, 9.17) is 0 Å². The van der Waals surface area contributed by atoms with Crippen molar-refractivity contribution in [2.24, 2.45) is 0 Å². The van der Waals surface area contributed by atoms with Crippen LogP contribution in [-0.2, 0) is 0 Å². The van der Waals surface area contributed by atoms with Gasteiger partial charge in [0, 0.05) is 33.5 Å². The average molecular weight is 857 g/mol. The highest BCUT2D eigenvalue weighted by Crippen LogP contribution is 2.52. The van der Waals surface area contributed by atoms with Crippen molar-refractivity contribution in [3.63, 3.8) is 0 Å². The number of para-hydroxylation sites is 2. The number of anilines is 6. The fourth-order valence-corrected chi connectivity index (χ4v) is 10.9. The van der Waals surface area contributed by atoms with Gasteiger partial charge in [-0.2, -0.15) is 0 Å². The van der Waals surface area contributed by atoms with Crippen LogP contribution in [0, 0.1) is 41.5 Å². The third-order valence-corrected chi connectivity index (χ3v) is 14.1. The first-order valence-electron chi connectivity index (χ1n) is 23.7. The van der Waals surface area contributed by atoms with Crippen molar-refractivity contribution in [3.8, 4) is 22.3 Å². The Morgan fingerprint density at radius 2 is 0.652 bits per heavy atom. The summed E-state index contributed by atoms with van der Waals surface area (Å²) in [6.45, 7) is 22.8. The van der Waals surface area contributed by atoms with Crippen LogP contribution in [0.25, 0.3) is 54.6 Å². The minimum absolute atomic E-state index is 0.285. The molecule has 10 aromatic rings. The molecule has 0 bridgehead atoms. The first-order valence-corrected chi connectivity index (χ1v) is 23.7. The van der Waals surface area contributed by atoms with Crippen LogP contribution in [0.4, 0.5) is 34.1 Å². The molecule has 0 heterocycles. The van der Waals surface area contributed by atoms with Gasteiger partial charge in [0.05, 0.1) is 11.4 Å². The molecule has 2 heteroatoms. The van der Waals surface area contributed by atoms with E-state index < -0.39 is 0 Å². The van der Waals surface area contributed by atoms with Crippen molar-refractivity contribution in [1.29, 1.82) is 0 Å². The summed E-state index contributed by atoms with van der Waals surface area (Å²) in [7, 11) is 0. The number of hydrogen-bond acceptors (Lipinski definition) is 2. The van der Waals surface area contributed by atoms with Gasteiger partial charge in [0.25, 0.3) is 0 Å². The van der Waals surface area contributed by atoms with E-state index >= 15 is 0 Å². The number of nitrogens with zero attached hydrogens (tertiary/aromatic N) is 2. The lowest BCUT2D eigenvalue weighted by Crippen LogP contribution is -2.14. The minimum Gasteiger partial charge on any atom is -0.310 e. The molecule has 0 aliphatic heterocycles. The summed E-state index contributed by atoms with van der Waals surface area (Å²) in [6.07, 6.45) is 0. The Labute approximate surface area is 392 Å². The largest absolute Gasteiger partial charge is 0.310 e. The maximum atomic E-state index is 2.53. The maximum Gasteiger partial charge on any atom is 0.0543 e. The number of benzene rings is 10. The average Bonchev–Trinajstić information content (AvgIpc) is 3.31. The fraction of sp³-hybridized carbons (Fsp3) is 0.188. The van der Waals surface area contributed by atoms with Gasteiger partial charge in [-0.3, -0.25) is 0 Å². The summed E-state index contributed by atoms with van der Waals surface area (Å²) in [5.41, 5.74) is 22.4. The van der Waals surface area contributed by atoms with Crippen LogP contribution in [0.3, 0.4) is 0 Å².